The van der Waals surface area contributed by atoms with Gasteiger partial charge in [0.2, 0.25) is 5.69 Å². The number of ether oxygens (including phenoxy) is 1. The van der Waals surface area contributed by atoms with Crippen molar-refractivity contribution in [3.63, 3.8) is 0 Å². The van der Waals surface area contributed by atoms with Gasteiger partial charge in [0.1, 0.15) is 5.52 Å². The Morgan fingerprint density at radius 1 is 1.44 bits per heavy atom. The Hall–Kier alpha value is -1.59. The van der Waals surface area contributed by atoms with Gasteiger partial charge in [-0.2, -0.15) is 0 Å². The molecule has 5 nitrogen and oxygen atoms in total. The summed E-state index contributed by atoms with van der Waals surface area (Å²) in [7, 11) is 0. The summed E-state index contributed by atoms with van der Waals surface area (Å²) in [6.07, 6.45) is 0. The van der Waals surface area contributed by atoms with Crippen molar-refractivity contribution >= 4 is 40.2 Å². The summed E-state index contributed by atoms with van der Waals surface area (Å²) in [5, 5.41) is 0.619. The van der Waals surface area contributed by atoms with Crippen LogP contribution >= 0.6 is 23.2 Å². The van der Waals surface area contributed by atoms with Crippen molar-refractivity contribution in [1.29, 1.82) is 0 Å². The summed E-state index contributed by atoms with van der Waals surface area (Å²) in [6.45, 7) is 1.80. The fraction of sp³-hybridized carbons (Fsp3) is 0.182. The first-order chi connectivity index (χ1) is 8.52. The molecule has 0 unspecified atom stereocenters. The first kappa shape index (κ1) is 12.9. The third kappa shape index (κ3) is 2.32. The highest BCUT2D eigenvalue weighted by Crippen LogP contribution is 2.24. The van der Waals surface area contributed by atoms with Crippen molar-refractivity contribution in [1.82, 2.24) is 9.97 Å². The Morgan fingerprint density at radius 3 is 2.83 bits per heavy atom. The molecule has 0 spiro atoms. The molecule has 0 amide bonds. The van der Waals surface area contributed by atoms with Gasteiger partial charge in [-0.25, -0.2) is 9.78 Å². The first-order valence-corrected chi connectivity index (χ1v) is 5.84. The van der Waals surface area contributed by atoms with Gasteiger partial charge in [0, 0.05) is 5.02 Å². The zero-order valence-electron chi connectivity index (χ0n) is 9.29. The Bertz CT molecular complexity index is 682. The number of benzene rings is 1. The fourth-order valence-corrected chi connectivity index (χ4v) is 1.99. The Morgan fingerprint density at radius 2 is 2.17 bits per heavy atom. The number of nitrogens with zero attached hydrogens (tertiary/aromatic N) is 1. The zero-order valence-corrected chi connectivity index (χ0v) is 10.8. The fourth-order valence-electron chi connectivity index (χ4n) is 1.46. The quantitative estimate of drug-likeness (QED) is 0.861. The van der Waals surface area contributed by atoms with Gasteiger partial charge >= 0.3 is 5.97 Å². The molecule has 1 N–H and O–H groups in total. The molecule has 1 aromatic heterocycles. The summed E-state index contributed by atoms with van der Waals surface area (Å²) in [5.41, 5.74) is -0.304. The maximum atomic E-state index is 11.7. The summed E-state index contributed by atoms with van der Waals surface area (Å²) in [4.78, 5) is 29.6. The Balaban J connectivity index is 2.69. The van der Waals surface area contributed by atoms with E-state index in [2.05, 4.69) is 9.97 Å². The number of carbonyl (C=O) groups is 1. The van der Waals surface area contributed by atoms with Crippen LogP contribution in [0.4, 0.5) is 0 Å². The van der Waals surface area contributed by atoms with Crippen molar-refractivity contribution in [2.45, 2.75) is 6.92 Å². The highest BCUT2D eigenvalue weighted by atomic mass is 35.5. The number of fused-ring (bicyclic) bond motifs is 1. The van der Waals surface area contributed by atoms with Crippen molar-refractivity contribution in [2.24, 2.45) is 0 Å². The van der Waals surface area contributed by atoms with Gasteiger partial charge in [-0.3, -0.25) is 4.79 Å². The van der Waals surface area contributed by atoms with E-state index in [1.165, 1.54) is 12.1 Å². The summed E-state index contributed by atoms with van der Waals surface area (Å²) >= 11 is 11.7. The molecular formula is C11H8Cl2N2O3. The van der Waals surface area contributed by atoms with Gasteiger partial charge in [-0.15, -0.1) is 0 Å². The largest absolute Gasteiger partial charge is 0.461 e. The minimum absolute atomic E-state index is 0.159. The first-order valence-electron chi connectivity index (χ1n) is 5.09. The summed E-state index contributed by atoms with van der Waals surface area (Å²) in [5.74, 6) is -0.785. The molecule has 0 aliphatic rings. The third-order valence-electron chi connectivity index (χ3n) is 2.18. The van der Waals surface area contributed by atoms with Crippen molar-refractivity contribution < 1.29 is 9.53 Å². The molecular weight excluding hydrogens is 279 g/mol. The SMILES string of the molecule is CCOC(=O)c1nc2c(Cl)cc(Cl)cc2[nH]c1=O. The minimum atomic E-state index is -0.785. The predicted molar refractivity (Wildman–Crippen MR) is 68.3 cm³/mol. The van der Waals surface area contributed by atoms with Crippen LogP contribution < -0.4 is 5.56 Å². The lowest BCUT2D eigenvalue weighted by molar-refractivity contribution is 0.0517. The molecule has 1 aromatic carbocycles. The van der Waals surface area contributed by atoms with E-state index in [0.717, 1.165) is 0 Å². The predicted octanol–water partition coefficient (Wildman–Crippen LogP) is 2.41. The lowest BCUT2D eigenvalue weighted by Crippen LogP contribution is -2.22. The van der Waals surface area contributed by atoms with E-state index < -0.39 is 11.5 Å². The number of aromatic nitrogens is 2. The van der Waals surface area contributed by atoms with Gasteiger partial charge in [0.25, 0.3) is 5.56 Å². The molecule has 0 saturated heterocycles. The van der Waals surface area contributed by atoms with Crippen LogP contribution in [-0.4, -0.2) is 22.5 Å². The number of esters is 1. The molecule has 2 aromatic rings. The maximum absolute atomic E-state index is 11.7. The normalized spacial score (nSPS) is 10.6. The molecule has 0 fully saturated rings. The van der Waals surface area contributed by atoms with Crippen LogP contribution in [0.25, 0.3) is 11.0 Å². The van der Waals surface area contributed by atoms with Crippen molar-refractivity contribution in [3.05, 3.63) is 38.2 Å². The van der Waals surface area contributed by atoms with Gasteiger partial charge in [0.15, 0.2) is 0 Å². The number of rotatable bonds is 2. The molecule has 18 heavy (non-hydrogen) atoms. The average molecular weight is 287 g/mol. The topological polar surface area (TPSA) is 72.0 Å². The molecule has 0 aliphatic heterocycles. The van der Waals surface area contributed by atoms with E-state index >= 15 is 0 Å². The van der Waals surface area contributed by atoms with Crippen LogP contribution in [0, 0.1) is 0 Å². The highest BCUT2D eigenvalue weighted by Gasteiger charge is 2.16. The number of hydrogen-bond acceptors (Lipinski definition) is 4. The molecule has 94 valence electrons. The van der Waals surface area contributed by atoms with Gasteiger partial charge in [-0.1, -0.05) is 23.2 Å². The van der Waals surface area contributed by atoms with Crippen molar-refractivity contribution in [3.8, 4) is 0 Å². The van der Waals surface area contributed by atoms with Crippen LogP contribution in [0.2, 0.25) is 10.0 Å². The van der Waals surface area contributed by atoms with E-state index in [9.17, 15) is 9.59 Å². The number of nitrogens with one attached hydrogen (secondary N) is 1. The van der Waals surface area contributed by atoms with Gasteiger partial charge < -0.3 is 9.72 Å². The number of halogens is 2. The Labute approximate surface area is 112 Å². The second-order valence-corrected chi connectivity index (χ2v) is 4.26. The molecule has 7 heteroatoms. The van der Waals surface area contributed by atoms with Crippen molar-refractivity contribution in [2.75, 3.05) is 6.61 Å². The van der Waals surface area contributed by atoms with E-state index in [4.69, 9.17) is 27.9 Å². The van der Waals surface area contributed by atoms with Crippen LogP contribution in [0.5, 0.6) is 0 Å². The molecule has 0 atom stereocenters. The van der Waals surface area contributed by atoms with Gasteiger partial charge in [0.05, 0.1) is 17.1 Å². The van der Waals surface area contributed by atoms with Crippen LogP contribution in [0.3, 0.4) is 0 Å². The molecule has 0 bridgehead atoms. The minimum Gasteiger partial charge on any atom is -0.461 e. The molecule has 2 rings (SSSR count). The zero-order chi connectivity index (χ0) is 13.3. The number of hydrogen-bond donors (Lipinski definition) is 1. The van der Waals surface area contributed by atoms with E-state index in [1.807, 2.05) is 0 Å². The number of aromatic amines is 1. The number of H-pyrrole nitrogens is 1. The Kier molecular flexibility index (Phi) is 3.54. The highest BCUT2D eigenvalue weighted by molar-refractivity contribution is 6.38. The maximum Gasteiger partial charge on any atom is 0.362 e. The van der Waals surface area contributed by atoms with Crippen LogP contribution in [-0.2, 0) is 4.74 Å². The van der Waals surface area contributed by atoms with E-state index in [0.29, 0.717) is 16.1 Å². The molecule has 1 heterocycles. The van der Waals surface area contributed by atoms with Crippen LogP contribution in [0.1, 0.15) is 17.4 Å². The summed E-state index contributed by atoms with van der Waals surface area (Å²) in [6, 6.07) is 2.98. The van der Waals surface area contributed by atoms with Crippen LogP contribution in [0.15, 0.2) is 16.9 Å². The molecule has 0 aliphatic carbocycles. The monoisotopic (exact) mass is 286 g/mol. The molecule has 0 radical (unpaired) electrons. The van der Waals surface area contributed by atoms with E-state index in [1.54, 1.807) is 6.92 Å². The standard InChI is InChI=1S/C11H8Cl2N2O3/c1-2-18-11(17)9-10(16)14-7-4-5(12)3-6(13)8(7)15-9/h3-4H,2H2,1H3,(H,14,16). The van der Waals surface area contributed by atoms with E-state index in [-0.39, 0.29) is 17.3 Å². The smallest absolute Gasteiger partial charge is 0.362 e. The molecule has 0 saturated carbocycles. The van der Waals surface area contributed by atoms with Gasteiger partial charge in [-0.05, 0) is 19.1 Å². The lowest BCUT2D eigenvalue weighted by Gasteiger charge is -2.04. The lowest BCUT2D eigenvalue weighted by atomic mass is 10.3. The summed E-state index contributed by atoms with van der Waals surface area (Å²) < 4.78 is 4.73. The average Bonchev–Trinajstić information content (AvgIpc) is 2.27. The second-order valence-electron chi connectivity index (χ2n) is 3.42. The third-order valence-corrected chi connectivity index (χ3v) is 2.69. The second kappa shape index (κ2) is 4.96. The number of carbonyl (C=O) groups excluding carboxylic acids is 1.